The average Bonchev–Trinajstić information content (AvgIpc) is 3.47. The molecule has 0 amide bonds. The summed E-state index contributed by atoms with van der Waals surface area (Å²) in [5.74, 6) is -0.977. The number of rotatable bonds is 59. The molecule has 0 aliphatic carbocycles. The number of unbranched alkanes of at least 4 members (excludes halogenated alkanes) is 24. The van der Waals surface area contributed by atoms with E-state index in [4.69, 9.17) is 14.2 Å². The van der Waals surface area contributed by atoms with Crippen LogP contribution < -0.4 is 0 Å². The molecule has 6 nitrogen and oxygen atoms in total. The lowest BCUT2D eigenvalue weighted by Gasteiger charge is -2.18. The molecule has 0 fully saturated rings. The van der Waals surface area contributed by atoms with Crippen molar-refractivity contribution in [2.24, 2.45) is 0 Å². The summed E-state index contributed by atoms with van der Waals surface area (Å²) in [6, 6.07) is 0. The van der Waals surface area contributed by atoms with Crippen molar-refractivity contribution >= 4 is 17.9 Å². The quantitative estimate of drug-likeness (QED) is 0.0261. The molecule has 0 radical (unpaired) electrons. The van der Waals surface area contributed by atoms with Crippen LogP contribution in [0.5, 0.6) is 0 Å². The molecule has 81 heavy (non-hydrogen) atoms. The zero-order chi connectivity index (χ0) is 58.5. The predicted molar refractivity (Wildman–Crippen MR) is 352 cm³/mol. The molecule has 0 spiro atoms. The van der Waals surface area contributed by atoms with Gasteiger partial charge in [-0.05, 0) is 148 Å². The van der Waals surface area contributed by atoms with Gasteiger partial charge in [-0.2, -0.15) is 0 Å². The standard InChI is InChI=1S/C75H122O6/c1-4-7-10-13-16-19-22-25-28-31-34-37-40-43-46-49-52-55-58-61-64-67-73(76)79-70-72(81-75(78)69-66-63-60-57-54-51-48-45-42-39-36-33-30-27-24-21-18-15-12-9-6-3)71-80-74(77)68-65-62-59-56-53-50-47-44-41-38-35-32-29-26-23-20-17-14-11-8-5-2/h7,10,16,19,23-28,32-37,41-46,52,55,72H,4-6,8-9,11-15,17-18,20-22,29-31,38-40,47-51,53-54,56-71H2,1-3H3/b10-7-,19-16-,26-23-,27-24-,28-25-,35-32-,36-33-,37-34-,44-41-,45-42-,46-43-,55-52-. The Hall–Kier alpha value is -4.71. The van der Waals surface area contributed by atoms with Gasteiger partial charge >= 0.3 is 17.9 Å². The fourth-order valence-electron chi connectivity index (χ4n) is 8.81. The Bertz CT molecular complexity index is 1760. The predicted octanol–water partition coefficient (Wildman–Crippen LogP) is 23.1. The molecule has 6 heteroatoms. The first-order chi connectivity index (χ1) is 40.0. The molecule has 458 valence electrons. The topological polar surface area (TPSA) is 78.9 Å². The summed E-state index contributed by atoms with van der Waals surface area (Å²) in [5, 5.41) is 0. The SMILES string of the molecule is CC/C=C\C/C=C\C/C=C\C/C=C\C/C=C\C/C=C\CCCCC(=O)OCC(COC(=O)CCCCCCCC/C=C\C/C=C\C/C=C\CCCCCCC)OC(=O)CCCCCCCC/C=C\C/C=C\C/C=C\CCCCCCC. The molecule has 1 atom stereocenters. The largest absolute Gasteiger partial charge is 0.462 e. The highest BCUT2D eigenvalue weighted by atomic mass is 16.6. The number of carbonyl (C=O) groups excluding carboxylic acids is 3. The van der Waals surface area contributed by atoms with E-state index in [-0.39, 0.29) is 31.1 Å². The second-order valence-corrected chi connectivity index (χ2v) is 21.6. The van der Waals surface area contributed by atoms with Crippen LogP contribution in [-0.4, -0.2) is 37.2 Å². The minimum Gasteiger partial charge on any atom is -0.462 e. The van der Waals surface area contributed by atoms with Gasteiger partial charge in [-0.25, -0.2) is 0 Å². The molecule has 1 unspecified atom stereocenters. The number of ether oxygens (including phenoxy) is 3. The summed E-state index contributed by atoms with van der Waals surface area (Å²) < 4.78 is 16.9. The van der Waals surface area contributed by atoms with E-state index in [1.54, 1.807) is 0 Å². The second kappa shape index (κ2) is 67.8. The van der Waals surface area contributed by atoms with E-state index in [1.165, 1.54) is 103 Å². The fraction of sp³-hybridized carbons (Fsp3) is 0.640. The van der Waals surface area contributed by atoms with Gasteiger partial charge in [0.25, 0.3) is 0 Å². The van der Waals surface area contributed by atoms with Crippen LogP contribution in [0.1, 0.15) is 290 Å². The van der Waals surface area contributed by atoms with Gasteiger partial charge in [0.05, 0.1) is 0 Å². The Balaban J connectivity index is 4.55. The van der Waals surface area contributed by atoms with Gasteiger partial charge < -0.3 is 14.2 Å². The summed E-state index contributed by atoms with van der Waals surface area (Å²) in [7, 11) is 0. The van der Waals surface area contributed by atoms with Crippen LogP contribution in [0.15, 0.2) is 146 Å². The maximum absolute atomic E-state index is 12.9. The van der Waals surface area contributed by atoms with E-state index in [9.17, 15) is 14.4 Å². The third kappa shape index (κ3) is 66.0. The van der Waals surface area contributed by atoms with Crippen LogP contribution in [0.3, 0.4) is 0 Å². The second-order valence-electron chi connectivity index (χ2n) is 21.6. The Morgan fingerprint density at radius 3 is 0.778 bits per heavy atom. The van der Waals surface area contributed by atoms with E-state index < -0.39 is 6.10 Å². The molecule has 0 aromatic carbocycles. The highest BCUT2D eigenvalue weighted by Crippen LogP contribution is 2.14. The summed E-state index contributed by atoms with van der Waals surface area (Å²) in [6.45, 7) is 6.45. The zero-order valence-corrected chi connectivity index (χ0v) is 52.5. The Labute approximate surface area is 499 Å². The highest BCUT2D eigenvalue weighted by molar-refractivity contribution is 5.71. The van der Waals surface area contributed by atoms with Crippen LogP contribution >= 0.6 is 0 Å². The van der Waals surface area contributed by atoms with Crippen LogP contribution in [0, 0.1) is 0 Å². The minimum atomic E-state index is -0.818. The number of carbonyl (C=O) groups is 3. The Kier molecular flexibility index (Phi) is 63.9. The van der Waals surface area contributed by atoms with Crippen molar-refractivity contribution in [2.75, 3.05) is 13.2 Å². The van der Waals surface area contributed by atoms with Crippen molar-refractivity contribution in [3.8, 4) is 0 Å². The number of hydrogen-bond donors (Lipinski definition) is 0. The van der Waals surface area contributed by atoms with Crippen LogP contribution in [0.4, 0.5) is 0 Å². The van der Waals surface area contributed by atoms with Crippen molar-refractivity contribution in [3.05, 3.63) is 146 Å². The maximum Gasteiger partial charge on any atom is 0.306 e. The summed E-state index contributed by atoms with van der Waals surface area (Å²) in [4.78, 5) is 38.4. The van der Waals surface area contributed by atoms with Crippen molar-refractivity contribution in [3.63, 3.8) is 0 Å². The zero-order valence-electron chi connectivity index (χ0n) is 52.5. The van der Waals surface area contributed by atoms with Gasteiger partial charge in [0.2, 0.25) is 0 Å². The molecule has 0 N–H and O–H groups in total. The third-order valence-electron chi connectivity index (χ3n) is 13.8. The smallest absolute Gasteiger partial charge is 0.306 e. The van der Waals surface area contributed by atoms with Crippen molar-refractivity contribution in [1.29, 1.82) is 0 Å². The van der Waals surface area contributed by atoms with E-state index >= 15 is 0 Å². The van der Waals surface area contributed by atoms with Crippen molar-refractivity contribution in [1.82, 2.24) is 0 Å². The molecule has 0 aromatic rings. The summed E-state index contributed by atoms with van der Waals surface area (Å²) >= 11 is 0. The molecule has 0 heterocycles. The molecular weight excluding hydrogens is 997 g/mol. The van der Waals surface area contributed by atoms with Crippen LogP contribution in [0.2, 0.25) is 0 Å². The summed E-state index contributed by atoms with van der Waals surface area (Å²) in [5.41, 5.74) is 0. The molecule has 0 saturated heterocycles. The van der Waals surface area contributed by atoms with E-state index in [1.807, 2.05) is 0 Å². The van der Waals surface area contributed by atoms with Gasteiger partial charge in [-0.15, -0.1) is 0 Å². The molecule has 0 bridgehead atoms. The van der Waals surface area contributed by atoms with Gasteiger partial charge in [0, 0.05) is 19.3 Å². The Morgan fingerprint density at radius 1 is 0.259 bits per heavy atom. The monoisotopic (exact) mass is 1120 g/mol. The first-order valence-corrected chi connectivity index (χ1v) is 33.3. The van der Waals surface area contributed by atoms with Crippen LogP contribution in [0.25, 0.3) is 0 Å². The molecule has 0 saturated carbocycles. The Morgan fingerprint density at radius 2 is 0.481 bits per heavy atom. The lowest BCUT2D eigenvalue weighted by molar-refractivity contribution is -0.167. The lowest BCUT2D eigenvalue weighted by atomic mass is 10.1. The van der Waals surface area contributed by atoms with E-state index in [0.29, 0.717) is 25.7 Å². The highest BCUT2D eigenvalue weighted by Gasteiger charge is 2.19. The molecule has 0 aliphatic rings. The number of allylic oxidation sites excluding steroid dienone is 24. The third-order valence-corrected chi connectivity index (χ3v) is 13.8. The number of esters is 3. The first-order valence-electron chi connectivity index (χ1n) is 33.3. The molecule has 0 aromatic heterocycles. The number of hydrogen-bond acceptors (Lipinski definition) is 6. The van der Waals surface area contributed by atoms with Crippen LogP contribution in [-0.2, 0) is 28.6 Å². The van der Waals surface area contributed by atoms with Crippen molar-refractivity contribution < 1.29 is 28.6 Å². The van der Waals surface area contributed by atoms with E-state index in [0.717, 1.165) is 141 Å². The van der Waals surface area contributed by atoms with E-state index in [2.05, 4.69) is 167 Å². The van der Waals surface area contributed by atoms with Gasteiger partial charge in [-0.3, -0.25) is 14.4 Å². The van der Waals surface area contributed by atoms with Gasteiger partial charge in [-0.1, -0.05) is 269 Å². The average molecular weight is 1120 g/mol. The fourth-order valence-corrected chi connectivity index (χ4v) is 8.81. The normalized spacial score (nSPS) is 13.1. The van der Waals surface area contributed by atoms with Crippen molar-refractivity contribution in [2.45, 2.75) is 297 Å². The maximum atomic E-state index is 12.9. The molecule has 0 aliphatic heterocycles. The minimum absolute atomic E-state index is 0.110. The molecular formula is C75H122O6. The van der Waals surface area contributed by atoms with Gasteiger partial charge in [0.15, 0.2) is 6.10 Å². The van der Waals surface area contributed by atoms with Gasteiger partial charge in [0.1, 0.15) is 13.2 Å². The lowest BCUT2D eigenvalue weighted by Crippen LogP contribution is -2.30. The summed E-state index contributed by atoms with van der Waals surface area (Å²) in [6.07, 6.45) is 97.0. The molecule has 0 rings (SSSR count). The first kappa shape index (κ1) is 76.3.